The van der Waals surface area contributed by atoms with Gasteiger partial charge >= 0.3 is 6.01 Å². The van der Waals surface area contributed by atoms with E-state index in [-0.39, 0.29) is 34.6 Å². The minimum absolute atomic E-state index is 0.00838. The molecule has 5 aromatic rings. The molecule has 1 aromatic heterocycles. The van der Waals surface area contributed by atoms with Gasteiger partial charge in [0.05, 0.1) is 11.1 Å². The number of nitrogens with zero attached hydrogens (tertiary/aromatic N) is 5. The molecule has 238 valence electrons. The zero-order valence-corrected chi connectivity index (χ0v) is 26.1. The van der Waals surface area contributed by atoms with Crippen molar-refractivity contribution in [2.45, 2.75) is 43.8 Å². The van der Waals surface area contributed by atoms with E-state index in [1.165, 1.54) is 0 Å². The standard InChI is InChI=1S/C37H35FN6O3/c1-43-14-6-9-26(43)21-46-37-41-35-30(36(42-37)44-19-24-12-13-25(20-44)40-24)17-32(47-31-11-5-3-8-23(31)18-39)33(34(35)38)29-16-27(45)15-22-7-2-4-10-28(22)29/h2-5,7-8,10-11,15-17,24-26,40,45H,6,9,12-14,19-21H2,1H3/t24-,25+,26-/m0/s1. The average Bonchev–Trinajstić information content (AvgIpc) is 3.66. The molecule has 0 spiro atoms. The van der Waals surface area contributed by atoms with E-state index in [0.29, 0.717) is 46.8 Å². The molecule has 3 aliphatic rings. The second-order valence-corrected chi connectivity index (χ2v) is 12.8. The third-order valence-corrected chi connectivity index (χ3v) is 9.79. The van der Waals surface area contributed by atoms with E-state index in [2.05, 4.69) is 28.2 Å². The molecule has 0 amide bonds. The third kappa shape index (κ3) is 5.45. The number of aromatic hydroxyl groups is 1. The van der Waals surface area contributed by atoms with Crippen molar-refractivity contribution in [1.82, 2.24) is 20.2 Å². The van der Waals surface area contributed by atoms with E-state index in [4.69, 9.17) is 19.4 Å². The highest BCUT2D eigenvalue weighted by Gasteiger charge is 2.35. The Kier molecular flexibility index (Phi) is 7.51. The quantitative estimate of drug-likeness (QED) is 0.212. The van der Waals surface area contributed by atoms with E-state index in [9.17, 15) is 10.4 Å². The van der Waals surface area contributed by atoms with Crippen LogP contribution in [0.3, 0.4) is 0 Å². The maximum atomic E-state index is 17.4. The molecule has 3 fully saturated rings. The Morgan fingerprint density at radius 2 is 1.77 bits per heavy atom. The van der Waals surface area contributed by atoms with Gasteiger partial charge < -0.3 is 29.7 Å². The number of phenolic OH excluding ortho intramolecular Hbond substituents is 1. The van der Waals surface area contributed by atoms with Gasteiger partial charge in [-0.1, -0.05) is 36.4 Å². The number of nitriles is 1. The Labute approximate surface area is 272 Å². The van der Waals surface area contributed by atoms with Crippen LogP contribution in [0.2, 0.25) is 0 Å². The average molecular weight is 631 g/mol. The lowest BCUT2D eigenvalue weighted by Gasteiger charge is -2.34. The summed E-state index contributed by atoms with van der Waals surface area (Å²) < 4.78 is 30.1. The van der Waals surface area contributed by atoms with E-state index in [1.807, 2.05) is 24.3 Å². The summed E-state index contributed by atoms with van der Waals surface area (Å²) in [5.74, 6) is 0.450. The Balaban J connectivity index is 1.36. The molecule has 4 aromatic carbocycles. The summed E-state index contributed by atoms with van der Waals surface area (Å²) in [6.45, 7) is 2.86. The molecule has 4 heterocycles. The smallest absolute Gasteiger partial charge is 0.319 e. The van der Waals surface area contributed by atoms with Gasteiger partial charge in [0.1, 0.15) is 41.3 Å². The van der Waals surface area contributed by atoms with Crippen LogP contribution in [0.15, 0.2) is 66.7 Å². The number of hydrogen-bond donors (Lipinski definition) is 2. The normalized spacial score (nSPS) is 21.0. The van der Waals surface area contributed by atoms with Gasteiger partial charge in [0, 0.05) is 36.6 Å². The summed E-state index contributed by atoms with van der Waals surface area (Å²) >= 11 is 0. The fourth-order valence-corrected chi connectivity index (χ4v) is 7.40. The maximum absolute atomic E-state index is 17.4. The van der Waals surface area contributed by atoms with E-state index in [1.54, 1.807) is 42.5 Å². The molecular formula is C37H35FN6O3. The zero-order valence-electron chi connectivity index (χ0n) is 26.1. The summed E-state index contributed by atoms with van der Waals surface area (Å²) in [6.07, 6.45) is 4.27. The predicted molar refractivity (Wildman–Crippen MR) is 179 cm³/mol. The Morgan fingerprint density at radius 1 is 0.979 bits per heavy atom. The second kappa shape index (κ2) is 12.0. The largest absolute Gasteiger partial charge is 0.508 e. The molecule has 9 nitrogen and oxygen atoms in total. The fourth-order valence-electron chi connectivity index (χ4n) is 7.40. The molecular weight excluding hydrogens is 595 g/mol. The van der Waals surface area contributed by atoms with Gasteiger partial charge in [0.25, 0.3) is 0 Å². The molecule has 10 heteroatoms. The molecule has 47 heavy (non-hydrogen) atoms. The number of para-hydroxylation sites is 1. The van der Waals surface area contributed by atoms with Crippen LogP contribution in [0.1, 0.15) is 31.2 Å². The summed E-state index contributed by atoms with van der Waals surface area (Å²) in [6, 6.07) is 22.5. The molecule has 0 radical (unpaired) electrons. The fraction of sp³-hybridized carbons (Fsp3) is 0.324. The van der Waals surface area contributed by atoms with Crippen molar-refractivity contribution in [3.05, 3.63) is 78.1 Å². The number of fused-ring (bicyclic) bond motifs is 4. The highest BCUT2D eigenvalue weighted by atomic mass is 19.1. The number of hydrogen-bond acceptors (Lipinski definition) is 9. The van der Waals surface area contributed by atoms with Crippen molar-refractivity contribution in [2.24, 2.45) is 0 Å². The molecule has 0 saturated carbocycles. The van der Waals surface area contributed by atoms with Crippen LogP contribution in [-0.2, 0) is 0 Å². The zero-order chi connectivity index (χ0) is 32.1. The Bertz CT molecular complexity index is 2040. The summed E-state index contributed by atoms with van der Waals surface area (Å²) in [4.78, 5) is 14.1. The lowest BCUT2D eigenvalue weighted by atomic mass is 9.95. The number of halogens is 1. The van der Waals surface area contributed by atoms with Crippen LogP contribution in [0.5, 0.6) is 23.3 Å². The van der Waals surface area contributed by atoms with Gasteiger partial charge in [0.15, 0.2) is 5.82 Å². The van der Waals surface area contributed by atoms with Crippen LogP contribution in [0.25, 0.3) is 32.8 Å². The molecule has 3 atom stereocenters. The van der Waals surface area contributed by atoms with Crippen LogP contribution in [-0.4, -0.2) is 71.4 Å². The highest BCUT2D eigenvalue weighted by molar-refractivity contribution is 6.03. The summed E-state index contributed by atoms with van der Waals surface area (Å²) in [5.41, 5.74) is 0.998. The number of aromatic nitrogens is 2. The number of rotatable bonds is 7. The van der Waals surface area contributed by atoms with Crippen molar-refractivity contribution < 1.29 is 19.0 Å². The Hall–Kier alpha value is -4.98. The lowest BCUT2D eigenvalue weighted by Crippen LogP contribution is -2.51. The minimum atomic E-state index is -0.618. The van der Waals surface area contributed by atoms with Crippen LogP contribution in [0, 0.1) is 17.1 Å². The first-order chi connectivity index (χ1) is 22.9. The maximum Gasteiger partial charge on any atom is 0.319 e. The van der Waals surface area contributed by atoms with E-state index >= 15 is 4.39 Å². The molecule has 8 rings (SSSR count). The van der Waals surface area contributed by atoms with Gasteiger partial charge in [0.2, 0.25) is 0 Å². The van der Waals surface area contributed by atoms with Crippen LogP contribution in [0.4, 0.5) is 10.2 Å². The predicted octanol–water partition coefficient (Wildman–Crippen LogP) is 6.37. The van der Waals surface area contributed by atoms with Crippen LogP contribution >= 0.6 is 0 Å². The molecule has 2 N–H and O–H groups in total. The molecule has 0 aliphatic carbocycles. The number of piperazine rings is 1. The van der Waals surface area contributed by atoms with Crippen LogP contribution < -0.4 is 19.7 Å². The highest BCUT2D eigenvalue weighted by Crippen LogP contribution is 2.46. The number of benzene rings is 4. The number of likely N-dealkylation sites (N-methyl/N-ethyl adjacent to an activating group) is 1. The van der Waals surface area contributed by atoms with Crippen molar-refractivity contribution in [1.29, 1.82) is 5.26 Å². The van der Waals surface area contributed by atoms with Crippen molar-refractivity contribution in [3.63, 3.8) is 0 Å². The van der Waals surface area contributed by atoms with Crippen molar-refractivity contribution in [3.8, 4) is 40.5 Å². The number of ether oxygens (including phenoxy) is 2. The van der Waals surface area contributed by atoms with Gasteiger partial charge in [-0.15, -0.1) is 0 Å². The number of anilines is 1. The summed E-state index contributed by atoms with van der Waals surface area (Å²) in [7, 11) is 2.09. The molecule has 0 unspecified atom stereocenters. The molecule has 2 bridgehead atoms. The third-order valence-electron chi connectivity index (χ3n) is 9.79. The number of phenols is 1. The Morgan fingerprint density at radius 3 is 2.55 bits per heavy atom. The van der Waals surface area contributed by atoms with Gasteiger partial charge in [-0.05, 0) is 85.9 Å². The van der Waals surface area contributed by atoms with Crippen molar-refractivity contribution in [2.75, 3.05) is 38.2 Å². The van der Waals surface area contributed by atoms with E-state index in [0.717, 1.165) is 56.1 Å². The van der Waals surface area contributed by atoms with Gasteiger partial charge in [-0.2, -0.15) is 15.2 Å². The minimum Gasteiger partial charge on any atom is -0.508 e. The molecule has 3 saturated heterocycles. The first-order valence-electron chi connectivity index (χ1n) is 16.2. The van der Waals surface area contributed by atoms with Gasteiger partial charge in [-0.3, -0.25) is 0 Å². The topological polar surface area (TPSA) is 107 Å². The van der Waals surface area contributed by atoms with E-state index < -0.39 is 5.82 Å². The first kappa shape index (κ1) is 29.4. The number of nitrogens with one attached hydrogen (secondary N) is 1. The lowest BCUT2D eigenvalue weighted by molar-refractivity contribution is 0.188. The summed E-state index contributed by atoms with van der Waals surface area (Å²) in [5, 5.41) is 26.3. The van der Waals surface area contributed by atoms with Crippen molar-refractivity contribution >= 4 is 27.5 Å². The molecule has 3 aliphatic heterocycles. The van der Waals surface area contributed by atoms with Gasteiger partial charge in [-0.25, -0.2) is 4.39 Å². The second-order valence-electron chi connectivity index (χ2n) is 12.8. The number of likely N-dealkylation sites (tertiary alicyclic amines) is 1. The first-order valence-corrected chi connectivity index (χ1v) is 16.2. The SMILES string of the molecule is CN1CCC[C@H]1COc1nc(N2C[C@H]3CC[C@@H](C2)N3)c2cc(Oc3ccccc3C#N)c(-c3cc(O)cc4ccccc34)c(F)c2n1. The monoisotopic (exact) mass is 630 g/mol.